The van der Waals surface area contributed by atoms with Crippen molar-refractivity contribution in [1.82, 2.24) is 15.1 Å². The summed E-state index contributed by atoms with van der Waals surface area (Å²) in [6.07, 6.45) is 6.83. The van der Waals surface area contributed by atoms with E-state index in [2.05, 4.69) is 40.2 Å². The topological polar surface area (TPSA) is 29.9 Å². The molecule has 1 heterocycles. The fraction of sp³-hybridized carbons (Fsp3) is 0.583. The maximum atomic E-state index is 4.44. The lowest BCUT2D eigenvalue weighted by molar-refractivity contribution is 0.508. The highest BCUT2D eigenvalue weighted by atomic mass is 15.3. The minimum atomic E-state index is 0.630. The second-order valence-corrected chi connectivity index (χ2v) is 4.11. The van der Waals surface area contributed by atoms with E-state index in [1.54, 1.807) is 0 Å². The fourth-order valence-corrected chi connectivity index (χ4v) is 2.05. The Labute approximate surface area is 91.2 Å². The van der Waals surface area contributed by atoms with Crippen LogP contribution in [0.2, 0.25) is 0 Å². The van der Waals surface area contributed by atoms with Crippen molar-refractivity contribution in [2.75, 3.05) is 0 Å². The van der Waals surface area contributed by atoms with Crippen LogP contribution in [0.4, 0.5) is 0 Å². The highest BCUT2D eigenvalue weighted by molar-refractivity contribution is 5.09. The monoisotopic (exact) mass is 205 g/mol. The summed E-state index contributed by atoms with van der Waals surface area (Å²) in [5.41, 5.74) is 2.40. The molecule has 0 fully saturated rings. The third kappa shape index (κ3) is 2.48. The summed E-state index contributed by atoms with van der Waals surface area (Å²) in [7, 11) is 0. The highest BCUT2D eigenvalue weighted by Crippen LogP contribution is 2.11. The zero-order valence-corrected chi connectivity index (χ0v) is 9.53. The molecule has 1 aliphatic rings. The number of rotatable bonds is 4. The Morgan fingerprint density at radius 2 is 2.20 bits per heavy atom. The van der Waals surface area contributed by atoms with E-state index in [0.29, 0.717) is 6.04 Å². The van der Waals surface area contributed by atoms with Crippen LogP contribution in [-0.2, 0) is 13.1 Å². The van der Waals surface area contributed by atoms with Gasteiger partial charge in [0.05, 0.1) is 11.4 Å². The van der Waals surface area contributed by atoms with Crippen molar-refractivity contribution >= 4 is 0 Å². The molecule has 0 aromatic carbocycles. The number of nitrogens with one attached hydrogen (secondary N) is 1. The van der Waals surface area contributed by atoms with Gasteiger partial charge in [-0.15, -0.1) is 0 Å². The number of hydrogen-bond donors (Lipinski definition) is 1. The summed E-state index contributed by atoms with van der Waals surface area (Å²) >= 11 is 0. The molecular formula is C12H19N3. The van der Waals surface area contributed by atoms with E-state index in [-0.39, 0.29) is 0 Å². The number of aryl methyl sites for hydroxylation is 2. The summed E-state index contributed by atoms with van der Waals surface area (Å²) in [4.78, 5) is 0. The largest absolute Gasteiger partial charge is 0.308 e. The van der Waals surface area contributed by atoms with Crippen LogP contribution in [0.1, 0.15) is 31.2 Å². The lowest BCUT2D eigenvalue weighted by Crippen LogP contribution is -2.26. The zero-order valence-electron chi connectivity index (χ0n) is 9.53. The summed E-state index contributed by atoms with van der Waals surface area (Å²) in [5.74, 6) is 0. The van der Waals surface area contributed by atoms with Crippen LogP contribution in [-0.4, -0.2) is 15.8 Å². The zero-order chi connectivity index (χ0) is 10.7. The van der Waals surface area contributed by atoms with Crippen LogP contribution in [0.15, 0.2) is 18.2 Å². The van der Waals surface area contributed by atoms with Gasteiger partial charge in [0.1, 0.15) is 0 Å². The van der Waals surface area contributed by atoms with E-state index in [0.717, 1.165) is 18.8 Å². The molecule has 0 spiro atoms. The van der Waals surface area contributed by atoms with E-state index < -0.39 is 0 Å². The predicted molar refractivity (Wildman–Crippen MR) is 61.6 cm³/mol. The Kier molecular flexibility index (Phi) is 3.21. The van der Waals surface area contributed by atoms with Gasteiger partial charge in [0.15, 0.2) is 0 Å². The minimum Gasteiger partial charge on any atom is -0.308 e. The summed E-state index contributed by atoms with van der Waals surface area (Å²) < 4.78 is 2.07. The molecule has 15 heavy (non-hydrogen) atoms. The van der Waals surface area contributed by atoms with Crippen LogP contribution >= 0.6 is 0 Å². The number of hydrogen-bond acceptors (Lipinski definition) is 2. The Hall–Kier alpha value is -1.09. The molecule has 0 amide bonds. The molecule has 1 aromatic rings. The lowest BCUT2D eigenvalue weighted by Gasteiger charge is -2.12. The molecule has 0 unspecified atom stereocenters. The van der Waals surface area contributed by atoms with Crippen molar-refractivity contribution in [2.24, 2.45) is 0 Å². The van der Waals surface area contributed by atoms with Crippen LogP contribution in [0.3, 0.4) is 0 Å². The lowest BCUT2D eigenvalue weighted by atomic mass is 10.2. The van der Waals surface area contributed by atoms with Crippen LogP contribution < -0.4 is 5.32 Å². The molecule has 1 aromatic heterocycles. The molecule has 2 rings (SSSR count). The van der Waals surface area contributed by atoms with Gasteiger partial charge in [0.25, 0.3) is 0 Å². The molecule has 1 aliphatic carbocycles. The molecule has 0 aliphatic heterocycles. The van der Waals surface area contributed by atoms with Gasteiger partial charge in [-0.1, -0.05) is 12.2 Å². The molecule has 0 atom stereocenters. The van der Waals surface area contributed by atoms with Crippen LogP contribution in [0.25, 0.3) is 0 Å². The van der Waals surface area contributed by atoms with Gasteiger partial charge in [-0.25, -0.2) is 0 Å². The Morgan fingerprint density at radius 1 is 1.47 bits per heavy atom. The second kappa shape index (κ2) is 4.62. The van der Waals surface area contributed by atoms with E-state index >= 15 is 0 Å². The molecule has 0 radical (unpaired) electrons. The molecule has 0 saturated carbocycles. The third-order valence-electron chi connectivity index (χ3n) is 2.86. The molecule has 1 N–H and O–H groups in total. The van der Waals surface area contributed by atoms with Crippen molar-refractivity contribution in [2.45, 2.75) is 45.8 Å². The van der Waals surface area contributed by atoms with Crippen LogP contribution in [0, 0.1) is 6.92 Å². The Morgan fingerprint density at radius 3 is 2.87 bits per heavy atom. The van der Waals surface area contributed by atoms with Gasteiger partial charge in [-0.2, -0.15) is 5.10 Å². The fourth-order valence-electron chi connectivity index (χ4n) is 2.05. The summed E-state index contributed by atoms with van der Waals surface area (Å²) in [5, 5.41) is 8.00. The first-order chi connectivity index (χ1) is 7.29. The van der Waals surface area contributed by atoms with E-state index in [1.165, 1.54) is 18.5 Å². The van der Waals surface area contributed by atoms with E-state index in [1.807, 2.05) is 6.92 Å². The molecule has 3 heteroatoms. The highest BCUT2D eigenvalue weighted by Gasteiger charge is 2.10. The maximum Gasteiger partial charge on any atom is 0.0597 e. The molecule has 0 saturated heterocycles. The molecular weight excluding hydrogens is 186 g/mol. The van der Waals surface area contributed by atoms with Gasteiger partial charge < -0.3 is 5.32 Å². The summed E-state index contributed by atoms with van der Waals surface area (Å²) in [6, 6.07) is 2.80. The SMILES string of the molecule is CCn1nc(C)cc1CNC1CC=CC1. The van der Waals surface area contributed by atoms with Gasteiger partial charge in [-0.3, -0.25) is 4.68 Å². The van der Waals surface area contributed by atoms with Crippen molar-refractivity contribution in [3.05, 3.63) is 29.6 Å². The van der Waals surface area contributed by atoms with E-state index in [9.17, 15) is 0 Å². The van der Waals surface area contributed by atoms with Gasteiger partial charge >= 0.3 is 0 Å². The maximum absolute atomic E-state index is 4.44. The van der Waals surface area contributed by atoms with Crippen molar-refractivity contribution in [3.63, 3.8) is 0 Å². The van der Waals surface area contributed by atoms with Gasteiger partial charge in [0, 0.05) is 19.1 Å². The first kappa shape index (κ1) is 10.4. The predicted octanol–water partition coefficient (Wildman–Crippen LogP) is 2.02. The molecule has 3 nitrogen and oxygen atoms in total. The summed E-state index contributed by atoms with van der Waals surface area (Å²) in [6.45, 7) is 6.06. The second-order valence-electron chi connectivity index (χ2n) is 4.11. The Bertz CT molecular complexity index is 344. The number of aromatic nitrogens is 2. The van der Waals surface area contributed by atoms with Crippen molar-refractivity contribution in [3.8, 4) is 0 Å². The van der Waals surface area contributed by atoms with Gasteiger partial charge in [0.2, 0.25) is 0 Å². The van der Waals surface area contributed by atoms with Crippen LogP contribution in [0.5, 0.6) is 0 Å². The van der Waals surface area contributed by atoms with Gasteiger partial charge in [-0.05, 0) is 32.8 Å². The third-order valence-corrected chi connectivity index (χ3v) is 2.86. The Balaban J connectivity index is 1.91. The smallest absolute Gasteiger partial charge is 0.0597 e. The number of nitrogens with zero attached hydrogens (tertiary/aromatic N) is 2. The van der Waals surface area contributed by atoms with E-state index in [4.69, 9.17) is 0 Å². The minimum absolute atomic E-state index is 0.630. The van der Waals surface area contributed by atoms with Crippen molar-refractivity contribution < 1.29 is 0 Å². The molecule has 0 bridgehead atoms. The average molecular weight is 205 g/mol. The first-order valence-corrected chi connectivity index (χ1v) is 5.71. The average Bonchev–Trinajstić information content (AvgIpc) is 2.83. The first-order valence-electron chi connectivity index (χ1n) is 5.71. The normalized spacial score (nSPS) is 16.4. The van der Waals surface area contributed by atoms with Crippen molar-refractivity contribution in [1.29, 1.82) is 0 Å². The quantitative estimate of drug-likeness (QED) is 0.762. The molecule has 82 valence electrons. The standard InChI is InChI=1S/C12H19N3/c1-3-15-12(8-10(2)14-15)9-13-11-6-4-5-7-11/h4-5,8,11,13H,3,6-7,9H2,1-2H3.